The smallest absolute Gasteiger partial charge is 0.277 e. The van der Waals surface area contributed by atoms with Crippen LogP contribution in [-0.4, -0.2) is 22.1 Å². The van der Waals surface area contributed by atoms with Crippen LogP contribution in [0.3, 0.4) is 0 Å². The maximum Gasteiger partial charge on any atom is 0.277 e. The Kier molecular flexibility index (Phi) is 2.72. The van der Waals surface area contributed by atoms with E-state index in [-0.39, 0.29) is 23.6 Å². The van der Waals surface area contributed by atoms with Crippen molar-refractivity contribution in [3.8, 4) is 0 Å². The van der Waals surface area contributed by atoms with Gasteiger partial charge in [-0.05, 0) is 12.8 Å². The fourth-order valence-electron chi connectivity index (χ4n) is 2.06. The molecule has 1 aliphatic rings. The fraction of sp³-hybridized carbons (Fsp3) is 0.600. The molecule has 0 fully saturated rings. The first kappa shape index (κ1) is 10.8. The molecule has 0 aromatic carbocycles. The monoisotopic (exact) mass is 223 g/mol. The highest BCUT2D eigenvalue weighted by Gasteiger charge is 2.27. The summed E-state index contributed by atoms with van der Waals surface area (Å²) in [6.45, 7) is 4.19. The highest BCUT2D eigenvalue weighted by atomic mass is 16.1. The summed E-state index contributed by atoms with van der Waals surface area (Å²) in [7, 11) is 0. The number of hydrogen-bond donors (Lipinski definition) is 4. The van der Waals surface area contributed by atoms with Crippen LogP contribution in [0, 0.1) is 0 Å². The number of nitrogens with one attached hydrogen (secondary N) is 3. The summed E-state index contributed by atoms with van der Waals surface area (Å²) in [5.74, 6) is 0.695. The molecule has 0 spiro atoms. The number of nitrogens with two attached hydrogens (primary N) is 1. The van der Waals surface area contributed by atoms with Gasteiger partial charge in [0, 0.05) is 12.1 Å². The van der Waals surface area contributed by atoms with Gasteiger partial charge in [0.2, 0.25) is 5.95 Å². The Morgan fingerprint density at radius 1 is 1.25 bits per heavy atom. The second-order valence-corrected chi connectivity index (χ2v) is 3.99. The number of aromatic nitrogens is 2. The van der Waals surface area contributed by atoms with Gasteiger partial charge >= 0.3 is 0 Å². The van der Waals surface area contributed by atoms with E-state index < -0.39 is 0 Å². The Hall–Kier alpha value is -1.72. The van der Waals surface area contributed by atoms with Gasteiger partial charge in [0.25, 0.3) is 5.56 Å². The number of fused-ring (bicyclic) bond motifs is 1. The van der Waals surface area contributed by atoms with E-state index in [1.54, 1.807) is 0 Å². The van der Waals surface area contributed by atoms with E-state index >= 15 is 0 Å². The summed E-state index contributed by atoms with van der Waals surface area (Å²) >= 11 is 0. The fourth-order valence-corrected chi connectivity index (χ4v) is 2.06. The van der Waals surface area contributed by atoms with E-state index in [2.05, 4.69) is 34.4 Å². The van der Waals surface area contributed by atoms with Crippen molar-refractivity contribution in [1.29, 1.82) is 0 Å². The molecule has 88 valence electrons. The topological polar surface area (TPSA) is 95.8 Å². The van der Waals surface area contributed by atoms with Crippen molar-refractivity contribution in [1.82, 2.24) is 9.97 Å². The zero-order valence-corrected chi connectivity index (χ0v) is 9.50. The first-order valence-corrected chi connectivity index (χ1v) is 5.58. The van der Waals surface area contributed by atoms with Crippen LogP contribution < -0.4 is 21.9 Å². The minimum Gasteiger partial charge on any atom is -0.373 e. The predicted molar refractivity (Wildman–Crippen MR) is 64.7 cm³/mol. The first-order valence-electron chi connectivity index (χ1n) is 5.58. The summed E-state index contributed by atoms with van der Waals surface area (Å²) in [4.78, 5) is 18.2. The number of nitrogens with zero attached hydrogens (tertiary/aromatic N) is 1. The molecular weight excluding hydrogens is 206 g/mol. The lowest BCUT2D eigenvalue weighted by Gasteiger charge is -2.33. The van der Waals surface area contributed by atoms with Gasteiger partial charge in [0.15, 0.2) is 5.82 Å². The van der Waals surface area contributed by atoms with E-state index in [0.717, 1.165) is 12.8 Å². The standard InChI is InChI=1S/C10H17N5O/c1-3-5-6(4-2)13-8-7(12-5)9(16)15-10(11)14-8/h5-6,12H,3-4H2,1-2H3,(H4,11,13,14,15,16)/t5-,6+/m1/s1. The summed E-state index contributed by atoms with van der Waals surface area (Å²) in [6, 6.07) is 0.537. The van der Waals surface area contributed by atoms with Crippen LogP contribution in [0.2, 0.25) is 0 Å². The zero-order valence-electron chi connectivity index (χ0n) is 9.50. The lowest BCUT2D eigenvalue weighted by Crippen LogP contribution is -2.44. The Morgan fingerprint density at radius 2 is 1.88 bits per heavy atom. The quantitative estimate of drug-likeness (QED) is 0.593. The number of anilines is 3. The van der Waals surface area contributed by atoms with Gasteiger partial charge in [0.1, 0.15) is 5.69 Å². The molecule has 2 atom stereocenters. The van der Waals surface area contributed by atoms with Gasteiger partial charge in [-0.3, -0.25) is 9.78 Å². The Morgan fingerprint density at radius 3 is 2.50 bits per heavy atom. The molecule has 2 rings (SSSR count). The molecule has 16 heavy (non-hydrogen) atoms. The molecule has 1 aromatic rings. The predicted octanol–water partition coefficient (Wildman–Crippen LogP) is 0.747. The number of aromatic amines is 1. The minimum absolute atomic E-state index is 0.142. The SMILES string of the molecule is CC[C@@H]1Nc2nc(N)[nH]c(=O)c2N[C@@H]1CC. The van der Waals surface area contributed by atoms with Gasteiger partial charge < -0.3 is 16.4 Å². The highest BCUT2D eigenvalue weighted by molar-refractivity contribution is 5.67. The van der Waals surface area contributed by atoms with Crippen LogP contribution >= 0.6 is 0 Å². The second-order valence-electron chi connectivity index (χ2n) is 3.99. The minimum atomic E-state index is -0.219. The molecule has 0 saturated carbocycles. The summed E-state index contributed by atoms with van der Waals surface area (Å²) in [6.07, 6.45) is 1.92. The van der Waals surface area contributed by atoms with Crippen molar-refractivity contribution in [2.45, 2.75) is 38.8 Å². The number of H-pyrrole nitrogens is 1. The third-order valence-corrected chi connectivity index (χ3v) is 2.95. The molecule has 0 radical (unpaired) electrons. The van der Waals surface area contributed by atoms with Crippen molar-refractivity contribution in [2.24, 2.45) is 0 Å². The lowest BCUT2D eigenvalue weighted by molar-refractivity contribution is 0.545. The Balaban J connectivity index is 2.42. The van der Waals surface area contributed by atoms with E-state index in [1.807, 2.05) is 0 Å². The number of hydrogen-bond acceptors (Lipinski definition) is 5. The van der Waals surface area contributed by atoms with E-state index in [9.17, 15) is 4.79 Å². The molecule has 5 N–H and O–H groups in total. The largest absolute Gasteiger partial charge is 0.373 e. The molecule has 0 amide bonds. The third-order valence-electron chi connectivity index (χ3n) is 2.95. The van der Waals surface area contributed by atoms with Crippen molar-refractivity contribution < 1.29 is 0 Å². The van der Waals surface area contributed by atoms with Crippen LogP contribution in [0.4, 0.5) is 17.5 Å². The van der Waals surface area contributed by atoms with Crippen molar-refractivity contribution in [3.05, 3.63) is 10.4 Å². The second kappa shape index (κ2) is 4.03. The van der Waals surface area contributed by atoms with E-state index in [4.69, 9.17) is 5.73 Å². The number of rotatable bonds is 2. The molecule has 0 unspecified atom stereocenters. The maximum absolute atomic E-state index is 11.7. The van der Waals surface area contributed by atoms with Gasteiger partial charge in [-0.25, -0.2) is 0 Å². The molecule has 6 heteroatoms. The Bertz CT molecular complexity index is 441. The molecule has 0 aliphatic carbocycles. The molecule has 6 nitrogen and oxygen atoms in total. The average Bonchev–Trinajstić information content (AvgIpc) is 2.27. The van der Waals surface area contributed by atoms with Gasteiger partial charge in [-0.2, -0.15) is 4.98 Å². The molecule has 0 bridgehead atoms. The van der Waals surface area contributed by atoms with Gasteiger partial charge in [-0.1, -0.05) is 13.8 Å². The maximum atomic E-state index is 11.7. The van der Waals surface area contributed by atoms with Crippen LogP contribution in [0.15, 0.2) is 4.79 Å². The normalized spacial score (nSPS) is 23.1. The lowest BCUT2D eigenvalue weighted by atomic mass is 10.0. The van der Waals surface area contributed by atoms with Crippen LogP contribution in [-0.2, 0) is 0 Å². The molecule has 1 aliphatic heterocycles. The molecule has 2 heterocycles. The highest BCUT2D eigenvalue weighted by Crippen LogP contribution is 2.25. The van der Waals surface area contributed by atoms with Gasteiger partial charge in [-0.15, -0.1) is 0 Å². The van der Waals surface area contributed by atoms with Crippen LogP contribution in [0.5, 0.6) is 0 Å². The molecular formula is C10H17N5O. The third kappa shape index (κ3) is 1.70. The van der Waals surface area contributed by atoms with Crippen molar-refractivity contribution >= 4 is 17.5 Å². The summed E-state index contributed by atoms with van der Waals surface area (Å²) in [5.41, 5.74) is 5.77. The zero-order chi connectivity index (χ0) is 11.7. The van der Waals surface area contributed by atoms with E-state index in [0.29, 0.717) is 11.5 Å². The molecule has 1 aromatic heterocycles. The van der Waals surface area contributed by atoms with Crippen LogP contribution in [0.25, 0.3) is 0 Å². The van der Waals surface area contributed by atoms with Crippen molar-refractivity contribution in [3.63, 3.8) is 0 Å². The first-order chi connectivity index (χ1) is 7.65. The average molecular weight is 223 g/mol. The molecule has 0 saturated heterocycles. The summed E-state index contributed by atoms with van der Waals surface area (Å²) < 4.78 is 0. The number of nitrogen functional groups attached to an aromatic ring is 1. The van der Waals surface area contributed by atoms with Crippen LogP contribution in [0.1, 0.15) is 26.7 Å². The van der Waals surface area contributed by atoms with Gasteiger partial charge in [0.05, 0.1) is 0 Å². The Labute approximate surface area is 93.7 Å². The summed E-state index contributed by atoms with van der Waals surface area (Å²) in [5, 5.41) is 6.47. The van der Waals surface area contributed by atoms with Crippen molar-refractivity contribution in [2.75, 3.05) is 16.4 Å². The van der Waals surface area contributed by atoms with E-state index in [1.165, 1.54) is 0 Å².